The van der Waals surface area contributed by atoms with E-state index in [2.05, 4.69) is 25.8 Å². The molecular weight excluding hydrogens is 230 g/mol. The molecule has 0 unspecified atom stereocenters. The van der Waals surface area contributed by atoms with Crippen molar-refractivity contribution in [2.24, 2.45) is 12.9 Å². The van der Waals surface area contributed by atoms with Crippen molar-refractivity contribution in [3.05, 3.63) is 29.8 Å². The number of hydrazine groups is 1. The molecule has 2 aromatic heterocycles. The lowest BCUT2D eigenvalue weighted by Gasteiger charge is -2.10. The number of aromatic nitrogens is 4. The number of nitrogen functional groups attached to an aromatic ring is 1. The molecule has 0 aliphatic carbocycles. The third-order valence-corrected chi connectivity index (χ3v) is 2.82. The van der Waals surface area contributed by atoms with Crippen molar-refractivity contribution in [1.29, 1.82) is 0 Å². The minimum absolute atomic E-state index is 0.632. The molecule has 0 fully saturated rings. The molecule has 2 aromatic rings. The summed E-state index contributed by atoms with van der Waals surface area (Å²) in [6, 6.07) is 2.00. The first-order valence-corrected chi connectivity index (χ1v) is 5.71. The van der Waals surface area contributed by atoms with E-state index in [1.165, 1.54) is 12.0 Å². The second-order valence-corrected chi connectivity index (χ2v) is 3.96. The van der Waals surface area contributed by atoms with E-state index in [1.807, 2.05) is 24.7 Å². The first-order valence-electron chi connectivity index (χ1n) is 5.71. The highest BCUT2D eigenvalue weighted by Crippen LogP contribution is 2.16. The molecule has 4 N–H and O–H groups in total. The topological polar surface area (TPSA) is 93.7 Å². The quantitative estimate of drug-likeness (QED) is 0.525. The fraction of sp³-hybridized carbons (Fsp3) is 0.364. The highest BCUT2D eigenvalue weighted by Gasteiger charge is 2.05. The van der Waals surface area contributed by atoms with Crippen LogP contribution < -0.4 is 16.6 Å². The summed E-state index contributed by atoms with van der Waals surface area (Å²) in [5.41, 5.74) is 4.62. The molecule has 7 heteroatoms. The summed E-state index contributed by atoms with van der Waals surface area (Å²) in [6.07, 6.45) is 4.15. The van der Waals surface area contributed by atoms with Crippen molar-refractivity contribution in [3.8, 4) is 0 Å². The lowest BCUT2D eigenvalue weighted by Crippen LogP contribution is -2.14. The molecule has 18 heavy (non-hydrogen) atoms. The van der Waals surface area contributed by atoms with Crippen molar-refractivity contribution >= 4 is 11.6 Å². The Morgan fingerprint density at radius 1 is 1.33 bits per heavy atom. The molecule has 2 rings (SSSR count). The summed E-state index contributed by atoms with van der Waals surface area (Å²) >= 11 is 0. The minimum atomic E-state index is 0.632. The summed E-state index contributed by atoms with van der Waals surface area (Å²) in [5.74, 6) is 6.79. The number of nitrogens with two attached hydrogens (primary N) is 1. The maximum absolute atomic E-state index is 5.37. The molecular formula is C11H17N7. The van der Waals surface area contributed by atoms with Crippen LogP contribution in [0.4, 0.5) is 11.6 Å². The van der Waals surface area contributed by atoms with Gasteiger partial charge in [-0.05, 0) is 13.0 Å². The summed E-state index contributed by atoms with van der Waals surface area (Å²) in [5, 5.41) is 7.39. The van der Waals surface area contributed by atoms with Crippen LogP contribution in [0.2, 0.25) is 0 Å². The molecule has 0 saturated heterocycles. The van der Waals surface area contributed by atoms with Gasteiger partial charge in [0.25, 0.3) is 0 Å². The largest absolute Gasteiger partial charge is 0.369 e. The summed E-state index contributed by atoms with van der Waals surface area (Å²) < 4.78 is 1.86. The van der Waals surface area contributed by atoms with Crippen LogP contribution in [0.3, 0.4) is 0 Å². The Kier molecular flexibility index (Phi) is 3.73. The Labute approximate surface area is 105 Å². The molecule has 0 atom stereocenters. The molecule has 0 spiro atoms. The highest BCUT2D eigenvalue weighted by atomic mass is 15.3. The predicted octanol–water partition coefficient (Wildman–Crippen LogP) is 0.459. The van der Waals surface area contributed by atoms with Gasteiger partial charge in [0.15, 0.2) is 0 Å². The van der Waals surface area contributed by atoms with E-state index in [0.29, 0.717) is 5.82 Å². The van der Waals surface area contributed by atoms with E-state index in [1.54, 1.807) is 6.20 Å². The molecule has 0 radical (unpaired) electrons. The van der Waals surface area contributed by atoms with Crippen molar-refractivity contribution < 1.29 is 0 Å². The van der Waals surface area contributed by atoms with Crippen LogP contribution in [0, 0.1) is 6.92 Å². The number of hydrogen-bond donors (Lipinski definition) is 3. The molecule has 2 heterocycles. The van der Waals surface area contributed by atoms with E-state index in [-0.39, 0.29) is 0 Å². The van der Waals surface area contributed by atoms with Crippen LogP contribution in [-0.2, 0) is 13.5 Å². The van der Waals surface area contributed by atoms with Gasteiger partial charge in [0.2, 0.25) is 0 Å². The van der Waals surface area contributed by atoms with Gasteiger partial charge in [-0.3, -0.25) is 4.68 Å². The number of nitrogens with zero attached hydrogens (tertiary/aromatic N) is 4. The Morgan fingerprint density at radius 2 is 2.11 bits per heavy atom. The lowest BCUT2D eigenvalue weighted by molar-refractivity contribution is 0.711. The standard InChI is InChI=1S/C11H17N7/c1-8-10(14-7-15-11(8)17-12)13-5-3-9-4-6-16-18(9)2/h4,6-7H,3,5,12H2,1-2H3,(H2,13,14,15,17). The molecule has 0 bridgehead atoms. The molecule has 0 amide bonds. The number of hydrogen-bond acceptors (Lipinski definition) is 6. The Balaban J connectivity index is 1.96. The predicted molar refractivity (Wildman–Crippen MR) is 70.0 cm³/mol. The van der Waals surface area contributed by atoms with Crippen LogP contribution in [0.15, 0.2) is 18.6 Å². The van der Waals surface area contributed by atoms with Crippen LogP contribution >= 0.6 is 0 Å². The first kappa shape index (κ1) is 12.3. The van der Waals surface area contributed by atoms with E-state index >= 15 is 0 Å². The molecule has 0 saturated carbocycles. The SMILES string of the molecule is Cc1c(NN)ncnc1NCCc1ccnn1C. The van der Waals surface area contributed by atoms with E-state index < -0.39 is 0 Å². The van der Waals surface area contributed by atoms with Gasteiger partial charge in [0, 0.05) is 37.5 Å². The van der Waals surface area contributed by atoms with Gasteiger partial charge >= 0.3 is 0 Å². The Hall–Kier alpha value is -2.15. The third-order valence-electron chi connectivity index (χ3n) is 2.82. The number of aryl methyl sites for hydroxylation is 1. The zero-order chi connectivity index (χ0) is 13.0. The van der Waals surface area contributed by atoms with Crippen LogP contribution in [0.25, 0.3) is 0 Å². The van der Waals surface area contributed by atoms with Crippen molar-refractivity contribution in [2.75, 3.05) is 17.3 Å². The van der Waals surface area contributed by atoms with Gasteiger partial charge in [-0.1, -0.05) is 0 Å². The van der Waals surface area contributed by atoms with Crippen molar-refractivity contribution in [3.63, 3.8) is 0 Å². The lowest BCUT2D eigenvalue weighted by atomic mass is 10.3. The highest BCUT2D eigenvalue weighted by molar-refractivity contribution is 5.55. The van der Waals surface area contributed by atoms with E-state index in [4.69, 9.17) is 5.84 Å². The number of nitrogens with one attached hydrogen (secondary N) is 2. The zero-order valence-electron chi connectivity index (χ0n) is 10.5. The van der Waals surface area contributed by atoms with Crippen molar-refractivity contribution in [1.82, 2.24) is 19.7 Å². The van der Waals surface area contributed by atoms with Crippen molar-refractivity contribution in [2.45, 2.75) is 13.3 Å². The minimum Gasteiger partial charge on any atom is -0.369 e. The molecule has 0 aliphatic heterocycles. The fourth-order valence-corrected chi connectivity index (χ4v) is 1.73. The number of rotatable bonds is 5. The van der Waals surface area contributed by atoms with E-state index in [9.17, 15) is 0 Å². The van der Waals surface area contributed by atoms with Crippen LogP contribution in [-0.4, -0.2) is 26.3 Å². The summed E-state index contributed by atoms with van der Waals surface area (Å²) in [6.45, 7) is 2.70. The molecule has 0 aliphatic rings. The normalized spacial score (nSPS) is 10.4. The molecule has 7 nitrogen and oxygen atoms in total. The van der Waals surface area contributed by atoms with Crippen LogP contribution in [0.1, 0.15) is 11.3 Å². The van der Waals surface area contributed by atoms with E-state index in [0.717, 1.165) is 24.3 Å². The van der Waals surface area contributed by atoms with Gasteiger partial charge in [-0.15, -0.1) is 0 Å². The maximum Gasteiger partial charge on any atom is 0.148 e. The Bertz CT molecular complexity index is 520. The van der Waals surface area contributed by atoms with Crippen LogP contribution in [0.5, 0.6) is 0 Å². The molecule has 0 aromatic carbocycles. The van der Waals surface area contributed by atoms with Gasteiger partial charge in [-0.2, -0.15) is 5.10 Å². The second-order valence-electron chi connectivity index (χ2n) is 3.96. The van der Waals surface area contributed by atoms with Gasteiger partial charge < -0.3 is 10.7 Å². The van der Waals surface area contributed by atoms with Gasteiger partial charge in [0.1, 0.15) is 18.0 Å². The fourth-order valence-electron chi connectivity index (χ4n) is 1.73. The average molecular weight is 247 g/mol. The Morgan fingerprint density at radius 3 is 2.78 bits per heavy atom. The third kappa shape index (κ3) is 2.57. The number of anilines is 2. The summed E-state index contributed by atoms with van der Waals surface area (Å²) in [4.78, 5) is 8.22. The van der Waals surface area contributed by atoms with Gasteiger partial charge in [-0.25, -0.2) is 15.8 Å². The first-order chi connectivity index (χ1) is 8.72. The average Bonchev–Trinajstić information content (AvgIpc) is 2.77. The second kappa shape index (κ2) is 5.46. The molecule has 96 valence electrons. The summed E-state index contributed by atoms with van der Waals surface area (Å²) in [7, 11) is 1.93. The smallest absolute Gasteiger partial charge is 0.148 e. The van der Waals surface area contributed by atoms with Gasteiger partial charge in [0.05, 0.1) is 0 Å². The maximum atomic E-state index is 5.37. The monoisotopic (exact) mass is 247 g/mol. The zero-order valence-corrected chi connectivity index (χ0v) is 10.5.